The van der Waals surface area contributed by atoms with E-state index in [4.69, 9.17) is 14.6 Å². The summed E-state index contributed by atoms with van der Waals surface area (Å²) < 4.78 is 10.4. The van der Waals surface area contributed by atoms with E-state index in [-0.39, 0.29) is 17.9 Å². The second kappa shape index (κ2) is 6.47. The van der Waals surface area contributed by atoms with E-state index in [0.717, 1.165) is 0 Å². The molecule has 6 nitrogen and oxygen atoms in total. The van der Waals surface area contributed by atoms with Gasteiger partial charge in [-0.1, -0.05) is 6.07 Å². The van der Waals surface area contributed by atoms with Gasteiger partial charge in [0.2, 0.25) is 0 Å². The fourth-order valence-corrected chi connectivity index (χ4v) is 2.67. The number of carbonyl (C=O) groups is 2. The highest BCUT2D eigenvalue weighted by Gasteiger charge is 2.31. The van der Waals surface area contributed by atoms with Crippen LogP contribution in [0.5, 0.6) is 11.5 Å². The van der Waals surface area contributed by atoms with Gasteiger partial charge in [0.25, 0.3) is 5.91 Å². The van der Waals surface area contributed by atoms with Crippen LogP contribution < -0.4 is 14.8 Å². The molecule has 1 aromatic carbocycles. The molecule has 0 unspecified atom stereocenters. The van der Waals surface area contributed by atoms with Crippen LogP contribution in [0.2, 0.25) is 0 Å². The molecule has 1 amide bonds. The maximum absolute atomic E-state index is 12.4. The zero-order valence-corrected chi connectivity index (χ0v) is 12.1. The molecule has 0 heterocycles. The number of benzene rings is 1. The highest BCUT2D eigenvalue weighted by molar-refractivity contribution is 6.00. The number of carboxylic acid groups (broad SMARTS) is 1. The number of ether oxygens (including phenoxy) is 2. The van der Waals surface area contributed by atoms with Gasteiger partial charge in [-0.15, -0.1) is 0 Å². The minimum absolute atomic E-state index is 0.131. The summed E-state index contributed by atoms with van der Waals surface area (Å²) in [6.45, 7) is 0. The van der Waals surface area contributed by atoms with E-state index >= 15 is 0 Å². The summed E-state index contributed by atoms with van der Waals surface area (Å²) in [6, 6.07) is 4.98. The molecular weight excluding hydrogens is 274 g/mol. The van der Waals surface area contributed by atoms with Crippen LogP contribution in [0.1, 0.15) is 29.6 Å². The zero-order chi connectivity index (χ0) is 15.4. The third-order valence-electron chi connectivity index (χ3n) is 3.77. The van der Waals surface area contributed by atoms with Gasteiger partial charge >= 0.3 is 5.97 Å². The summed E-state index contributed by atoms with van der Waals surface area (Å²) >= 11 is 0. The molecule has 1 saturated carbocycles. The van der Waals surface area contributed by atoms with Crippen LogP contribution in [0.15, 0.2) is 18.2 Å². The van der Waals surface area contributed by atoms with Crippen molar-refractivity contribution in [1.29, 1.82) is 0 Å². The number of hydrogen-bond donors (Lipinski definition) is 2. The lowest BCUT2D eigenvalue weighted by atomic mass is 10.1. The molecule has 1 aliphatic rings. The average Bonchev–Trinajstić information content (AvgIpc) is 2.94. The van der Waals surface area contributed by atoms with Crippen molar-refractivity contribution in [2.45, 2.75) is 25.3 Å². The number of aliphatic carboxylic acids is 1. The Kier molecular flexibility index (Phi) is 4.67. The predicted octanol–water partition coefficient (Wildman–Crippen LogP) is 1.69. The highest BCUT2D eigenvalue weighted by Crippen LogP contribution is 2.30. The minimum Gasteiger partial charge on any atom is -0.496 e. The van der Waals surface area contributed by atoms with Gasteiger partial charge in [-0.3, -0.25) is 9.59 Å². The summed E-state index contributed by atoms with van der Waals surface area (Å²) in [5.41, 5.74) is 0.335. The van der Waals surface area contributed by atoms with Crippen molar-refractivity contribution in [2.75, 3.05) is 14.2 Å². The lowest BCUT2D eigenvalue weighted by molar-refractivity contribution is -0.141. The van der Waals surface area contributed by atoms with Crippen LogP contribution in [0.4, 0.5) is 0 Å². The molecule has 114 valence electrons. The average molecular weight is 293 g/mol. The molecule has 0 radical (unpaired) electrons. The van der Waals surface area contributed by atoms with Gasteiger partial charge in [0, 0.05) is 6.04 Å². The lowest BCUT2D eigenvalue weighted by Gasteiger charge is -2.16. The Bertz CT molecular complexity index is 521. The number of carbonyl (C=O) groups excluding carboxylic acids is 1. The monoisotopic (exact) mass is 293 g/mol. The number of methoxy groups -OCH3 is 2. The van der Waals surface area contributed by atoms with E-state index in [1.54, 1.807) is 18.2 Å². The Morgan fingerprint density at radius 2 is 1.81 bits per heavy atom. The Morgan fingerprint density at radius 1 is 1.19 bits per heavy atom. The predicted molar refractivity (Wildman–Crippen MR) is 75.8 cm³/mol. The Labute approximate surface area is 123 Å². The third-order valence-corrected chi connectivity index (χ3v) is 3.77. The summed E-state index contributed by atoms with van der Waals surface area (Å²) in [4.78, 5) is 23.4. The summed E-state index contributed by atoms with van der Waals surface area (Å²) in [5, 5.41) is 11.9. The quantitative estimate of drug-likeness (QED) is 0.863. The lowest BCUT2D eigenvalue weighted by Crippen LogP contribution is -2.33. The Hall–Kier alpha value is -2.24. The second-order valence-electron chi connectivity index (χ2n) is 5.06. The molecule has 2 rings (SSSR count). The van der Waals surface area contributed by atoms with Gasteiger partial charge in [0.15, 0.2) is 0 Å². The van der Waals surface area contributed by atoms with Crippen LogP contribution in [-0.4, -0.2) is 37.2 Å². The standard InChI is InChI=1S/C15H19NO5/c1-20-11-4-3-5-12(21-2)13(11)14(17)16-10-7-6-9(8-10)15(18)19/h3-5,9-10H,6-8H2,1-2H3,(H,16,17)(H,18,19)/t9-,10+/m1/s1. The van der Waals surface area contributed by atoms with Crippen molar-refractivity contribution >= 4 is 11.9 Å². The Morgan fingerprint density at radius 3 is 2.29 bits per heavy atom. The molecule has 1 aromatic rings. The maximum Gasteiger partial charge on any atom is 0.306 e. The van der Waals surface area contributed by atoms with E-state index < -0.39 is 5.97 Å². The van der Waals surface area contributed by atoms with Gasteiger partial charge < -0.3 is 19.9 Å². The normalized spacial score (nSPS) is 20.9. The van der Waals surface area contributed by atoms with Gasteiger partial charge in [0.1, 0.15) is 17.1 Å². The molecule has 0 aliphatic heterocycles. The van der Waals surface area contributed by atoms with E-state index in [1.807, 2.05) is 0 Å². The highest BCUT2D eigenvalue weighted by atomic mass is 16.5. The summed E-state index contributed by atoms with van der Waals surface area (Å²) in [6.07, 6.45) is 1.71. The van der Waals surface area contributed by atoms with E-state index in [1.165, 1.54) is 14.2 Å². The molecule has 0 spiro atoms. The largest absolute Gasteiger partial charge is 0.496 e. The van der Waals surface area contributed by atoms with Crippen LogP contribution in [-0.2, 0) is 4.79 Å². The van der Waals surface area contributed by atoms with Crippen LogP contribution >= 0.6 is 0 Å². The molecule has 0 aromatic heterocycles. The van der Waals surface area contributed by atoms with Crippen molar-refractivity contribution < 1.29 is 24.2 Å². The molecule has 21 heavy (non-hydrogen) atoms. The van der Waals surface area contributed by atoms with Crippen molar-refractivity contribution in [1.82, 2.24) is 5.32 Å². The van der Waals surface area contributed by atoms with Crippen molar-refractivity contribution in [3.8, 4) is 11.5 Å². The van der Waals surface area contributed by atoms with Gasteiger partial charge in [-0.2, -0.15) is 0 Å². The van der Waals surface area contributed by atoms with E-state index in [2.05, 4.69) is 5.32 Å². The first-order valence-corrected chi connectivity index (χ1v) is 6.81. The fourth-order valence-electron chi connectivity index (χ4n) is 2.67. The van der Waals surface area contributed by atoms with Crippen LogP contribution in [0, 0.1) is 5.92 Å². The molecule has 2 atom stereocenters. The van der Waals surface area contributed by atoms with Crippen molar-refractivity contribution in [3.05, 3.63) is 23.8 Å². The summed E-state index contributed by atoms with van der Waals surface area (Å²) in [5.74, 6) is -0.629. The first kappa shape index (κ1) is 15.2. The molecule has 0 saturated heterocycles. The molecule has 6 heteroatoms. The van der Waals surface area contributed by atoms with Crippen LogP contribution in [0.3, 0.4) is 0 Å². The van der Waals surface area contributed by atoms with E-state index in [0.29, 0.717) is 36.3 Å². The first-order valence-electron chi connectivity index (χ1n) is 6.81. The Balaban J connectivity index is 2.12. The topological polar surface area (TPSA) is 84.9 Å². The number of rotatable bonds is 5. The third kappa shape index (κ3) is 3.26. The van der Waals surface area contributed by atoms with Gasteiger partial charge in [-0.25, -0.2) is 0 Å². The van der Waals surface area contributed by atoms with Crippen molar-refractivity contribution in [2.24, 2.45) is 5.92 Å². The second-order valence-corrected chi connectivity index (χ2v) is 5.06. The molecule has 0 bridgehead atoms. The number of nitrogens with one attached hydrogen (secondary N) is 1. The summed E-state index contributed by atoms with van der Waals surface area (Å²) in [7, 11) is 2.98. The number of hydrogen-bond acceptors (Lipinski definition) is 4. The van der Waals surface area contributed by atoms with Crippen LogP contribution in [0.25, 0.3) is 0 Å². The molecular formula is C15H19NO5. The van der Waals surface area contributed by atoms with Gasteiger partial charge in [0.05, 0.1) is 20.1 Å². The first-order chi connectivity index (χ1) is 10.1. The fraction of sp³-hybridized carbons (Fsp3) is 0.467. The molecule has 1 fully saturated rings. The SMILES string of the molecule is COc1cccc(OC)c1C(=O)N[C@H]1CC[C@@H](C(=O)O)C1. The molecule has 2 N–H and O–H groups in total. The molecule has 1 aliphatic carbocycles. The minimum atomic E-state index is -0.804. The van der Waals surface area contributed by atoms with Crippen molar-refractivity contribution in [3.63, 3.8) is 0 Å². The maximum atomic E-state index is 12.4. The van der Waals surface area contributed by atoms with E-state index in [9.17, 15) is 9.59 Å². The zero-order valence-electron chi connectivity index (χ0n) is 12.1. The smallest absolute Gasteiger partial charge is 0.306 e. The number of carboxylic acids is 1. The van der Waals surface area contributed by atoms with Gasteiger partial charge in [-0.05, 0) is 31.4 Å². The number of amides is 1.